The van der Waals surface area contributed by atoms with Crippen LogP contribution in [0.2, 0.25) is 0 Å². The lowest BCUT2D eigenvalue weighted by Crippen LogP contribution is -2.47. The van der Waals surface area contributed by atoms with Crippen LogP contribution in [0.25, 0.3) is 0 Å². The predicted molar refractivity (Wildman–Crippen MR) is 111 cm³/mol. The van der Waals surface area contributed by atoms with E-state index in [9.17, 15) is 14.4 Å². The molecule has 6 heteroatoms. The van der Waals surface area contributed by atoms with Crippen molar-refractivity contribution in [3.05, 3.63) is 83.4 Å². The number of rotatable bonds is 6. The molecule has 1 aliphatic heterocycles. The molecule has 3 amide bonds. The Labute approximate surface area is 175 Å². The van der Waals surface area contributed by atoms with E-state index in [1.54, 1.807) is 17.9 Å². The van der Waals surface area contributed by atoms with Crippen LogP contribution in [0.3, 0.4) is 0 Å². The Morgan fingerprint density at radius 3 is 2.17 bits per heavy atom. The normalized spacial score (nSPS) is 20.8. The van der Waals surface area contributed by atoms with Crippen molar-refractivity contribution in [2.45, 2.75) is 38.4 Å². The first kappa shape index (κ1) is 19.9. The fraction of sp³-hybridized carbons (Fsp3) is 0.292. The highest BCUT2D eigenvalue weighted by Gasteiger charge is 2.59. The van der Waals surface area contributed by atoms with Crippen LogP contribution in [-0.4, -0.2) is 39.9 Å². The van der Waals surface area contributed by atoms with E-state index in [4.69, 9.17) is 4.74 Å². The summed E-state index contributed by atoms with van der Waals surface area (Å²) in [5.74, 6) is -0.682. The summed E-state index contributed by atoms with van der Waals surface area (Å²) in [6.07, 6.45) is 2.23. The molecule has 2 aromatic rings. The SMILES string of the molecule is CCOC(=O)C1=CC[C@]2(C1)C(=O)N(Cc1ccccc1)C(=O)N2Cc1ccccc1. The second-order valence-electron chi connectivity index (χ2n) is 7.59. The summed E-state index contributed by atoms with van der Waals surface area (Å²) in [6, 6.07) is 18.7. The number of carbonyl (C=O) groups excluding carboxylic acids is 3. The predicted octanol–water partition coefficient (Wildman–Crippen LogP) is 3.67. The summed E-state index contributed by atoms with van der Waals surface area (Å²) in [5.41, 5.74) is 1.19. The molecule has 1 saturated heterocycles. The molecule has 0 radical (unpaired) electrons. The van der Waals surface area contributed by atoms with E-state index in [-0.39, 0.29) is 31.5 Å². The molecule has 0 N–H and O–H groups in total. The van der Waals surface area contributed by atoms with E-state index >= 15 is 0 Å². The molecular formula is C24H24N2O4. The molecule has 0 bridgehead atoms. The molecule has 4 rings (SSSR count). The lowest BCUT2D eigenvalue weighted by Gasteiger charge is -2.31. The molecule has 2 aromatic carbocycles. The van der Waals surface area contributed by atoms with Crippen LogP contribution in [0.5, 0.6) is 0 Å². The Balaban J connectivity index is 1.65. The van der Waals surface area contributed by atoms with Gasteiger partial charge in [0, 0.05) is 18.5 Å². The third kappa shape index (κ3) is 3.49. The molecule has 0 unspecified atom stereocenters. The number of amides is 3. The molecular weight excluding hydrogens is 380 g/mol. The molecule has 30 heavy (non-hydrogen) atoms. The van der Waals surface area contributed by atoms with Crippen molar-refractivity contribution < 1.29 is 19.1 Å². The molecule has 2 aliphatic rings. The summed E-state index contributed by atoms with van der Waals surface area (Å²) < 4.78 is 5.13. The molecule has 0 saturated carbocycles. The van der Waals surface area contributed by atoms with E-state index in [1.807, 2.05) is 60.7 Å². The van der Waals surface area contributed by atoms with E-state index in [2.05, 4.69) is 0 Å². The van der Waals surface area contributed by atoms with Gasteiger partial charge in [0.25, 0.3) is 5.91 Å². The van der Waals surface area contributed by atoms with Gasteiger partial charge in [-0.15, -0.1) is 0 Å². The summed E-state index contributed by atoms with van der Waals surface area (Å²) in [4.78, 5) is 42.1. The standard InChI is InChI=1S/C24H24N2O4/c1-2-30-21(27)20-13-14-24(15-20)22(28)25(16-18-9-5-3-6-10-18)23(29)26(24)17-19-11-7-4-8-12-19/h3-13H,2,14-17H2,1H3/t24-/m0/s1. The van der Waals surface area contributed by atoms with Crippen LogP contribution in [0.4, 0.5) is 4.79 Å². The van der Waals surface area contributed by atoms with Gasteiger partial charge in [0.2, 0.25) is 0 Å². The number of imide groups is 1. The number of hydrogen-bond donors (Lipinski definition) is 0. The highest BCUT2D eigenvalue weighted by atomic mass is 16.5. The van der Waals surface area contributed by atoms with Gasteiger partial charge in [0.05, 0.1) is 13.2 Å². The first-order valence-electron chi connectivity index (χ1n) is 10.1. The van der Waals surface area contributed by atoms with Crippen molar-refractivity contribution in [1.82, 2.24) is 9.80 Å². The first-order chi connectivity index (χ1) is 14.5. The van der Waals surface area contributed by atoms with Crippen molar-refractivity contribution in [2.24, 2.45) is 0 Å². The van der Waals surface area contributed by atoms with Crippen LogP contribution in [-0.2, 0) is 27.4 Å². The number of benzene rings is 2. The molecule has 1 atom stereocenters. The number of hydrogen-bond acceptors (Lipinski definition) is 4. The summed E-state index contributed by atoms with van der Waals surface area (Å²) >= 11 is 0. The van der Waals surface area contributed by atoms with Crippen LogP contribution in [0.1, 0.15) is 30.9 Å². The largest absolute Gasteiger partial charge is 0.463 e. The number of esters is 1. The zero-order chi connectivity index (χ0) is 21.1. The third-order valence-electron chi connectivity index (χ3n) is 5.70. The zero-order valence-corrected chi connectivity index (χ0v) is 16.9. The van der Waals surface area contributed by atoms with Gasteiger partial charge in [-0.25, -0.2) is 9.59 Å². The minimum atomic E-state index is -1.08. The average Bonchev–Trinajstić information content (AvgIpc) is 3.29. The van der Waals surface area contributed by atoms with Gasteiger partial charge in [-0.2, -0.15) is 0 Å². The molecule has 0 aromatic heterocycles. The zero-order valence-electron chi connectivity index (χ0n) is 16.9. The van der Waals surface area contributed by atoms with Crippen LogP contribution in [0.15, 0.2) is 72.3 Å². The van der Waals surface area contributed by atoms with E-state index in [0.29, 0.717) is 18.5 Å². The molecule has 6 nitrogen and oxygen atoms in total. The molecule has 1 spiro atoms. The highest BCUT2D eigenvalue weighted by molar-refractivity contribution is 6.08. The van der Waals surface area contributed by atoms with Gasteiger partial charge in [0.1, 0.15) is 5.54 Å². The Hall–Kier alpha value is -3.41. The summed E-state index contributed by atoms with van der Waals surface area (Å²) in [7, 11) is 0. The Kier molecular flexibility index (Phi) is 5.40. The number of carbonyl (C=O) groups is 3. The van der Waals surface area contributed by atoms with Gasteiger partial charge in [-0.05, 0) is 24.5 Å². The quantitative estimate of drug-likeness (QED) is 0.544. The first-order valence-corrected chi connectivity index (χ1v) is 10.1. The fourth-order valence-electron chi connectivity index (χ4n) is 4.17. The Bertz CT molecular complexity index is 987. The second kappa shape index (κ2) is 8.14. The minimum absolute atomic E-state index is 0.175. The Morgan fingerprint density at radius 1 is 0.967 bits per heavy atom. The number of ether oxygens (including phenoxy) is 1. The van der Waals surface area contributed by atoms with Crippen LogP contribution >= 0.6 is 0 Å². The highest BCUT2D eigenvalue weighted by Crippen LogP contribution is 2.43. The van der Waals surface area contributed by atoms with Gasteiger partial charge >= 0.3 is 12.0 Å². The van der Waals surface area contributed by atoms with E-state index in [1.165, 1.54) is 4.90 Å². The van der Waals surface area contributed by atoms with Crippen molar-refractivity contribution in [2.75, 3.05) is 6.61 Å². The van der Waals surface area contributed by atoms with Gasteiger partial charge in [-0.3, -0.25) is 9.69 Å². The lowest BCUT2D eigenvalue weighted by molar-refractivity contribution is -0.139. The van der Waals surface area contributed by atoms with Crippen molar-refractivity contribution in [1.29, 1.82) is 0 Å². The van der Waals surface area contributed by atoms with Gasteiger partial charge in [-0.1, -0.05) is 66.7 Å². The maximum absolute atomic E-state index is 13.5. The smallest absolute Gasteiger partial charge is 0.333 e. The monoisotopic (exact) mass is 404 g/mol. The third-order valence-corrected chi connectivity index (χ3v) is 5.70. The van der Waals surface area contributed by atoms with Crippen LogP contribution in [0, 0.1) is 0 Å². The van der Waals surface area contributed by atoms with E-state index in [0.717, 1.165) is 11.1 Å². The minimum Gasteiger partial charge on any atom is -0.463 e. The van der Waals surface area contributed by atoms with E-state index < -0.39 is 11.5 Å². The summed E-state index contributed by atoms with van der Waals surface area (Å²) in [6.45, 7) is 2.53. The summed E-state index contributed by atoms with van der Waals surface area (Å²) in [5, 5.41) is 0. The number of nitrogens with zero attached hydrogens (tertiary/aromatic N) is 2. The van der Waals surface area contributed by atoms with Gasteiger partial charge in [0.15, 0.2) is 0 Å². The fourth-order valence-corrected chi connectivity index (χ4v) is 4.17. The average molecular weight is 404 g/mol. The second-order valence-corrected chi connectivity index (χ2v) is 7.59. The van der Waals surface area contributed by atoms with Crippen molar-refractivity contribution in [3.63, 3.8) is 0 Å². The molecule has 1 heterocycles. The molecule has 1 fully saturated rings. The van der Waals surface area contributed by atoms with Crippen molar-refractivity contribution >= 4 is 17.9 Å². The molecule has 154 valence electrons. The Morgan fingerprint density at radius 2 is 1.57 bits per heavy atom. The van der Waals surface area contributed by atoms with Crippen LogP contribution < -0.4 is 0 Å². The number of urea groups is 1. The maximum Gasteiger partial charge on any atom is 0.333 e. The molecule has 1 aliphatic carbocycles. The maximum atomic E-state index is 13.5. The van der Waals surface area contributed by atoms with Crippen molar-refractivity contribution in [3.8, 4) is 0 Å². The van der Waals surface area contributed by atoms with Gasteiger partial charge < -0.3 is 9.64 Å². The topological polar surface area (TPSA) is 66.9 Å². The lowest BCUT2D eigenvalue weighted by atomic mass is 9.92.